The Morgan fingerprint density at radius 3 is 2.56 bits per heavy atom. The van der Waals surface area contributed by atoms with Gasteiger partial charge in [0.1, 0.15) is 12.1 Å². The van der Waals surface area contributed by atoms with Crippen LogP contribution in [0.4, 0.5) is 0 Å². The Morgan fingerprint density at radius 2 is 1.85 bits per heavy atom. The van der Waals surface area contributed by atoms with Crippen LogP contribution in [0, 0.1) is 34.5 Å². The first-order valence-electron chi connectivity index (χ1n) is 15.5. The first kappa shape index (κ1) is 29.5. The standard InChI is InChI=1S/C34H46N2O5/c1-21(2)18-29(32(39)40)36-30(37)11-12-31(38)41-24-13-15-33(3)23(19-24)7-8-25-27-10-9-26(22-6-5-17-35-20-22)34(27,4)16-14-28(25)33/h5-7,9,17,20-21,24-25,27-29H,8,10-16,18-19H2,1-4H3,(H,36,37)(H,39,40)/t24-,25-,27-,28-,29-,33-,34+/m0/s1. The number of aromatic nitrogens is 1. The number of hydrogen-bond acceptors (Lipinski definition) is 5. The Hall–Kier alpha value is -2.96. The smallest absolute Gasteiger partial charge is 0.326 e. The van der Waals surface area contributed by atoms with E-state index in [-0.39, 0.29) is 41.7 Å². The number of hydrogen-bond donors (Lipinski definition) is 2. The maximum absolute atomic E-state index is 12.6. The highest BCUT2D eigenvalue weighted by Gasteiger charge is 2.57. The molecule has 2 saturated carbocycles. The molecule has 0 aliphatic heterocycles. The molecule has 1 aromatic heterocycles. The molecule has 0 bridgehead atoms. The number of amides is 1. The van der Waals surface area contributed by atoms with Gasteiger partial charge in [0.2, 0.25) is 5.91 Å². The normalized spacial score (nSPS) is 33.0. The summed E-state index contributed by atoms with van der Waals surface area (Å²) in [7, 11) is 0. The molecule has 4 aliphatic rings. The summed E-state index contributed by atoms with van der Waals surface area (Å²) < 4.78 is 5.85. The number of ether oxygens (including phenoxy) is 1. The van der Waals surface area contributed by atoms with Gasteiger partial charge in [0.15, 0.2) is 0 Å². The van der Waals surface area contributed by atoms with Gasteiger partial charge in [-0.1, -0.05) is 51.5 Å². The van der Waals surface area contributed by atoms with Crippen molar-refractivity contribution in [3.8, 4) is 0 Å². The Labute approximate surface area is 244 Å². The minimum absolute atomic E-state index is 0.0378. The van der Waals surface area contributed by atoms with Gasteiger partial charge in [-0.2, -0.15) is 0 Å². The van der Waals surface area contributed by atoms with Gasteiger partial charge in [0.05, 0.1) is 6.42 Å². The highest BCUT2D eigenvalue weighted by Crippen LogP contribution is 2.66. The van der Waals surface area contributed by atoms with E-state index in [2.05, 4.69) is 42.4 Å². The number of nitrogens with one attached hydrogen (secondary N) is 1. The molecule has 222 valence electrons. The predicted molar refractivity (Wildman–Crippen MR) is 157 cm³/mol. The molecule has 1 amide bonds. The van der Waals surface area contributed by atoms with Crippen molar-refractivity contribution >= 4 is 23.4 Å². The molecule has 0 spiro atoms. The average Bonchev–Trinajstić information content (AvgIpc) is 3.29. The number of allylic oxidation sites excluding steroid dienone is 3. The van der Waals surface area contributed by atoms with Gasteiger partial charge in [-0.15, -0.1) is 0 Å². The molecule has 4 aliphatic carbocycles. The van der Waals surface area contributed by atoms with Crippen LogP contribution < -0.4 is 5.32 Å². The van der Waals surface area contributed by atoms with Crippen molar-refractivity contribution in [1.29, 1.82) is 0 Å². The molecular weight excluding hydrogens is 516 g/mol. The molecule has 7 heteroatoms. The van der Waals surface area contributed by atoms with Crippen molar-refractivity contribution in [2.24, 2.45) is 34.5 Å². The molecule has 2 N–H and O–H groups in total. The van der Waals surface area contributed by atoms with Crippen molar-refractivity contribution in [3.05, 3.63) is 47.8 Å². The monoisotopic (exact) mass is 562 g/mol. The molecular formula is C34H46N2O5. The summed E-state index contributed by atoms with van der Waals surface area (Å²) in [4.78, 5) is 40.8. The van der Waals surface area contributed by atoms with E-state index >= 15 is 0 Å². The third-order valence-electron chi connectivity index (χ3n) is 10.8. The molecule has 7 nitrogen and oxygen atoms in total. The van der Waals surface area contributed by atoms with Crippen LogP contribution in [-0.4, -0.2) is 40.1 Å². The SMILES string of the molecule is CC(C)C[C@H](NC(=O)CCC(=O)O[C@H]1CC[C@@]2(C)C(=CC[C@@H]3[C@@H]2CC[C@]2(C)C(c4cccnc4)=CC[C@@H]32)C1)C(=O)O. The van der Waals surface area contributed by atoms with Crippen molar-refractivity contribution in [1.82, 2.24) is 10.3 Å². The zero-order valence-electron chi connectivity index (χ0n) is 25.0. The third kappa shape index (κ3) is 5.87. The van der Waals surface area contributed by atoms with Crippen LogP contribution in [0.2, 0.25) is 0 Å². The van der Waals surface area contributed by atoms with E-state index in [1.165, 1.54) is 29.6 Å². The number of carboxylic acids is 1. The number of fused-ring (bicyclic) bond motifs is 5. The van der Waals surface area contributed by atoms with Gasteiger partial charge in [0.25, 0.3) is 0 Å². The van der Waals surface area contributed by atoms with Gasteiger partial charge in [-0.05, 0) is 96.7 Å². The maximum Gasteiger partial charge on any atom is 0.326 e. The number of carboxylic acid groups (broad SMARTS) is 1. The number of pyridine rings is 1. The largest absolute Gasteiger partial charge is 0.480 e. The second-order valence-corrected chi connectivity index (χ2v) is 13.8. The van der Waals surface area contributed by atoms with Crippen LogP contribution in [0.3, 0.4) is 0 Å². The Balaban J connectivity index is 1.16. The molecule has 0 unspecified atom stereocenters. The molecule has 5 rings (SSSR count). The van der Waals surface area contributed by atoms with E-state index in [1.807, 2.05) is 32.3 Å². The summed E-state index contributed by atoms with van der Waals surface area (Å²) in [6, 6.07) is 3.31. The number of carbonyl (C=O) groups is 3. The summed E-state index contributed by atoms with van der Waals surface area (Å²) in [6.07, 6.45) is 16.2. The van der Waals surface area contributed by atoms with Crippen LogP contribution >= 0.6 is 0 Å². The van der Waals surface area contributed by atoms with Gasteiger partial charge < -0.3 is 15.2 Å². The molecule has 41 heavy (non-hydrogen) atoms. The summed E-state index contributed by atoms with van der Waals surface area (Å²) in [5.41, 5.74) is 4.54. The highest BCUT2D eigenvalue weighted by molar-refractivity contribution is 5.85. The Bertz CT molecular complexity index is 1220. The summed E-state index contributed by atoms with van der Waals surface area (Å²) in [5.74, 6) is 0.237. The van der Waals surface area contributed by atoms with Crippen molar-refractivity contribution in [3.63, 3.8) is 0 Å². The zero-order chi connectivity index (χ0) is 29.4. The number of nitrogens with zero attached hydrogens (tertiary/aromatic N) is 1. The second-order valence-electron chi connectivity index (χ2n) is 13.8. The molecule has 7 atom stereocenters. The average molecular weight is 563 g/mol. The summed E-state index contributed by atoms with van der Waals surface area (Å²) >= 11 is 0. The topological polar surface area (TPSA) is 106 Å². The lowest BCUT2D eigenvalue weighted by Crippen LogP contribution is -2.50. The Kier molecular flexibility index (Phi) is 8.45. The van der Waals surface area contributed by atoms with Crippen molar-refractivity contribution in [2.45, 2.75) is 104 Å². The van der Waals surface area contributed by atoms with Crippen LogP contribution in [-0.2, 0) is 19.1 Å². The first-order chi connectivity index (χ1) is 19.5. The maximum atomic E-state index is 12.6. The Morgan fingerprint density at radius 1 is 1.07 bits per heavy atom. The summed E-state index contributed by atoms with van der Waals surface area (Å²) in [5, 5.41) is 11.9. The molecule has 1 aromatic rings. The lowest BCUT2D eigenvalue weighted by Gasteiger charge is -2.57. The van der Waals surface area contributed by atoms with Gasteiger partial charge >= 0.3 is 11.9 Å². The highest BCUT2D eigenvalue weighted by atomic mass is 16.5. The minimum Gasteiger partial charge on any atom is -0.480 e. The van der Waals surface area contributed by atoms with Gasteiger partial charge in [0, 0.05) is 25.2 Å². The fourth-order valence-electron chi connectivity index (χ4n) is 8.68. The van der Waals surface area contributed by atoms with E-state index in [4.69, 9.17) is 4.74 Å². The lowest BCUT2D eigenvalue weighted by atomic mass is 9.47. The number of esters is 1. The van der Waals surface area contributed by atoms with Crippen LogP contribution in [0.1, 0.15) is 97.5 Å². The third-order valence-corrected chi connectivity index (χ3v) is 10.8. The fraction of sp³-hybridized carbons (Fsp3) is 0.647. The predicted octanol–water partition coefficient (Wildman–Crippen LogP) is 6.35. The molecule has 0 saturated heterocycles. The second kappa shape index (κ2) is 11.7. The lowest BCUT2D eigenvalue weighted by molar-refractivity contribution is -0.152. The van der Waals surface area contributed by atoms with Crippen molar-refractivity contribution < 1.29 is 24.2 Å². The van der Waals surface area contributed by atoms with E-state index in [0.717, 1.165) is 32.1 Å². The fourth-order valence-corrected chi connectivity index (χ4v) is 8.68. The van der Waals surface area contributed by atoms with Crippen LogP contribution in [0.15, 0.2) is 42.3 Å². The summed E-state index contributed by atoms with van der Waals surface area (Å²) in [6.45, 7) is 8.74. The van der Waals surface area contributed by atoms with E-state index in [0.29, 0.717) is 24.2 Å². The molecule has 1 heterocycles. The van der Waals surface area contributed by atoms with Crippen LogP contribution in [0.25, 0.3) is 5.57 Å². The number of rotatable bonds is 9. The minimum atomic E-state index is -1.05. The van der Waals surface area contributed by atoms with Gasteiger partial charge in [-0.25, -0.2) is 4.79 Å². The van der Waals surface area contributed by atoms with Crippen LogP contribution in [0.5, 0.6) is 0 Å². The van der Waals surface area contributed by atoms with E-state index in [1.54, 1.807) is 0 Å². The van der Waals surface area contributed by atoms with E-state index in [9.17, 15) is 19.5 Å². The molecule has 0 aromatic carbocycles. The molecule has 0 radical (unpaired) electrons. The number of carbonyl (C=O) groups excluding carboxylic acids is 2. The van der Waals surface area contributed by atoms with E-state index < -0.39 is 17.9 Å². The number of aliphatic carboxylic acids is 1. The van der Waals surface area contributed by atoms with Gasteiger partial charge in [-0.3, -0.25) is 14.6 Å². The molecule has 2 fully saturated rings. The van der Waals surface area contributed by atoms with Crippen molar-refractivity contribution in [2.75, 3.05) is 0 Å². The first-order valence-corrected chi connectivity index (χ1v) is 15.5. The zero-order valence-corrected chi connectivity index (χ0v) is 25.0. The quantitative estimate of drug-likeness (QED) is 0.269.